The van der Waals surface area contributed by atoms with Gasteiger partial charge in [-0.25, -0.2) is 4.98 Å². The lowest BCUT2D eigenvalue weighted by Crippen LogP contribution is -2.12. The van der Waals surface area contributed by atoms with Gasteiger partial charge in [0.25, 0.3) is 5.91 Å². The van der Waals surface area contributed by atoms with E-state index in [0.717, 1.165) is 28.6 Å². The fourth-order valence-electron chi connectivity index (χ4n) is 3.26. The molecular formula is C25H23ClN2O2. The van der Waals surface area contributed by atoms with E-state index >= 15 is 0 Å². The Morgan fingerprint density at radius 1 is 1.10 bits per heavy atom. The number of nitrogens with one attached hydrogen (secondary N) is 1. The number of amides is 1. The van der Waals surface area contributed by atoms with Crippen molar-refractivity contribution >= 4 is 34.3 Å². The van der Waals surface area contributed by atoms with Crippen LogP contribution in [-0.4, -0.2) is 10.9 Å². The minimum Gasteiger partial charge on any atom is -0.436 e. The molecule has 3 aromatic carbocycles. The third-order valence-corrected chi connectivity index (χ3v) is 5.70. The van der Waals surface area contributed by atoms with Crippen LogP contribution in [0, 0.1) is 6.92 Å². The number of benzene rings is 3. The highest BCUT2D eigenvalue weighted by Gasteiger charge is 2.14. The molecule has 0 fully saturated rings. The maximum atomic E-state index is 12.6. The van der Waals surface area contributed by atoms with Gasteiger partial charge >= 0.3 is 0 Å². The average Bonchev–Trinajstić information content (AvgIpc) is 3.18. The normalized spacial score (nSPS) is 12.1. The Morgan fingerprint density at radius 2 is 1.87 bits per heavy atom. The lowest BCUT2D eigenvalue weighted by Gasteiger charge is -2.09. The predicted octanol–water partition coefficient (Wildman–Crippen LogP) is 7.22. The van der Waals surface area contributed by atoms with Crippen molar-refractivity contribution in [1.29, 1.82) is 0 Å². The summed E-state index contributed by atoms with van der Waals surface area (Å²) in [4.78, 5) is 17.2. The zero-order valence-corrected chi connectivity index (χ0v) is 18.0. The number of fused-ring (bicyclic) bond motifs is 1. The summed E-state index contributed by atoms with van der Waals surface area (Å²) in [5, 5.41) is 3.33. The number of nitrogens with zero attached hydrogens (tertiary/aromatic N) is 1. The molecule has 0 saturated carbocycles. The van der Waals surface area contributed by atoms with Gasteiger partial charge in [-0.2, -0.15) is 0 Å². The minimum absolute atomic E-state index is 0.218. The van der Waals surface area contributed by atoms with E-state index in [1.54, 1.807) is 24.3 Å². The van der Waals surface area contributed by atoms with Crippen LogP contribution in [0.5, 0.6) is 0 Å². The van der Waals surface area contributed by atoms with E-state index in [0.29, 0.717) is 28.1 Å². The number of hydrogen-bond donors (Lipinski definition) is 1. The molecule has 4 aromatic rings. The molecule has 1 atom stereocenters. The number of aromatic nitrogens is 1. The van der Waals surface area contributed by atoms with Crippen LogP contribution in [0.1, 0.15) is 47.7 Å². The van der Waals surface area contributed by atoms with Gasteiger partial charge in [-0.15, -0.1) is 0 Å². The topological polar surface area (TPSA) is 55.1 Å². The van der Waals surface area contributed by atoms with Crippen molar-refractivity contribution in [1.82, 2.24) is 4.98 Å². The van der Waals surface area contributed by atoms with Crippen molar-refractivity contribution in [2.75, 3.05) is 5.32 Å². The van der Waals surface area contributed by atoms with Crippen molar-refractivity contribution in [3.63, 3.8) is 0 Å². The first kappa shape index (κ1) is 20.2. The van der Waals surface area contributed by atoms with Crippen LogP contribution in [0.4, 0.5) is 5.69 Å². The van der Waals surface area contributed by atoms with Gasteiger partial charge in [0, 0.05) is 11.1 Å². The number of carbonyl (C=O) groups excluding carboxylic acids is 1. The molecule has 5 heteroatoms. The molecule has 0 spiro atoms. The summed E-state index contributed by atoms with van der Waals surface area (Å²) >= 11 is 6.32. The van der Waals surface area contributed by atoms with Crippen LogP contribution in [0.25, 0.3) is 22.6 Å². The van der Waals surface area contributed by atoms with E-state index in [1.807, 2.05) is 31.2 Å². The number of oxazole rings is 1. The SMILES string of the molecule is CC[C@@H](C)c1ccc2oc(-c3ccc(Cl)c(NC(=O)c4ccc(C)cc4)c3)nc2c1. The molecule has 0 aliphatic heterocycles. The number of carbonyl (C=O) groups is 1. The number of aryl methyl sites for hydroxylation is 1. The first-order valence-electron chi connectivity index (χ1n) is 10.0. The summed E-state index contributed by atoms with van der Waals surface area (Å²) in [5.74, 6) is 0.743. The molecule has 1 amide bonds. The Bertz CT molecular complexity index is 1210. The van der Waals surface area contributed by atoms with Gasteiger partial charge in [-0.05, 0) is 67.3 Å². The zero-order chi connectivity index (χ0) is 21.3. The van der Waals surface area contributed by atoms with Gasteiger partial charge in [0.1, 0.15) is 5.52 Å². The van der Waals surface area contributed by atoms with Gasteiger partial charge in [0.05, 0.1) is 10.7 Å². The molecule has 1 heterocycles. The smallest absolute Gasteiger partial charge is 0.255 e. The summed E-state index contributed by atoms with van der Waals surface area (Å²) < 4.78 is 5.95. The highest BCUT2D eigenvalue weighted by molar-refractivity contribution is 6.34. The molecule has 0 saturated heterocycles. The summed E-state index contributed by atoms with van der Waals surface area (Å²) in [6.45, 7) is 6.35. The first-order valence-corrected chi connectivity index (χ1v) is 10.4. The van der Waals surface area contributed by atoms with Crippen LogP contribution in [0.2, 0.25) is 5.02 Å². The van der Waals surface area contributed by atoms with E-state index in [1.165, 1.54) is 5.56 Å². The second-order valence-electron chi connectivity index (χ2n) is 7.57. The molecule has 1 N–H and O–H groups in total. The largest absolute Gasteiger partial charge is 0.436 e. The molecule has 0 radical (unpaired) electrons. The van der Waals surface area contributed by atoms with E-state index in [-0.39, 0.29) is 5.91 Å². The average molecular weight is 419 g/mol. The van der Waals surface area contributed by atoms with Crippen LogP contribution in [0.3, 0.4) is 0 Å². The number of halogens is 1. The number of rotatable bonds is 5. The zero-order valence-electron chi connectivity index (χ0n) is 17.2. The minimum atomic E-state index is -0.218. The molecule has 0 aliphatic rings. The second kappa shape index (κ2) is 8.33. The van der Waals surface area contributed by atoms with Gasteiger partial charge in [-0.1, -0.05) is 49.2 Å². The lowest BCUT2D eigenvalue weighted by molar-refractivity contribution is 0.102. The highest BCUT2D eigenvalue weighted by Crippen LogP contribution is 2.32. The third-order valence-electron chi connectivity index (χ3n) is 5.37. The summed E-state index contributed by atoms with van der Waals surface area (Å²) in [6, 6.07) is 18.9. The molecule has 0 bridgehead atoms. The Morgan fingerprint density at radius 3 is 2.60 bits per heavy atom. The third kappa shape index (κ3) is 4.10. The van der Waals surface area contributed by atoms with E-state index in [9.17, 15) is 4.79 Å². The fraction of sp³-hybridized carbons (Fsp3) is 0.200. The van der Waals surface area contributed by atoms with E-state index in [2.05, 4.69) is 36.3 Å². The Kier molecular flexibility index (Phi) is 5.60. The van der Waals surface area contributed by atoms with Gasteiger partial charge < -0.3 is 9.73 Å². The summed E-state index contributed by atoms with van der Waals surface area (Å²) in [5.41, 5.74) is 5.73. The van der Waals surface area contributed by atoms with Crippen molar-refractivity contribution in [3.8, 4) is 11.5 Å². The molecular weight excluding hydrogens is 396 g/mol. The van der Waals surface area contributed by atoms with Crippen LogP contribution >= 0.6 is 11.6 Å². The maximum absolute atomic E-state index is 12.6. The molecule has 30 heavy (non-hydrogen) atoms. The summed E-state index contributed by atoms with van der Waals surface area (Å²) in [7, 11) is 0. The molecule has 0 unspecified atom stereocenters. The highest BCUT2D eigenvalue weighted by atomic mass is 35.5. The predicted molar refractivity (Wildman–Crippen MR) is 122 cm³/mol. The Labute approximate surface area is 180 Å². The van der Waals surface area contributed by atoms with Crippen LogP contribution in [0.15, 0.2) is 65.1 Å². The molecule has 4 nitrogen and oxygen atoms in total. The fourth-order valence-corrected chi connectivity index (χ4v) is 3.43. The molecule has 152 valence electrons. The van der Waals surface area contributed by atoms with Gasteiger partial charge in [-0.3, -0.25) is 4.79 Å². The Hall–Kier alpha value is -3.11. The molecule has 1 aromatic heterocycles. The van der Waals surface area contributed by atoms with Crippen molar-refractivity contribution in [2.45, 2.75) is 33.1 Å². The maximum Gasteiger partial charge on any atom is 0.255 e. The van der Waals surface area contributed by atoms with Crippen molar-refractivity contribution in [2.24, 2.45) is 0 Å². The number of hydrogen-bond acceptors (Lipinski definition) is 3. The van der Waals surface area contributed by atoms with Crippen molar-refractivity contribution in [3.05, 3.63) is 82.4 Å². The second-order valence-corrected chi connectivity index (χ2v) is 7.98. The Balaban J connectivity index is 1.64. The molecule has 4 rings (SSSR count). The first-order chi connectivity index (χ1) is 14.4. The molecule has 0 aliphatic carbocycles. The quantitative estimate of drug-likeness (QED) is 0.372. The van der Waals surface area contributed by atoms with Crippen LogP contribution < -0.4 is 5.32 Å². The summed E-state index contributed by atoms with van der Waals surface area (Å²) in [6.07, 6.45) is 1.07. The van der Waals surface area contributed by atoms with Gasteiger partial charge in [0.2, 0.25) is 5.89 Å². The number of anilines is 1. The lowest BCUT2D eigenvalue weighted by atomic mass is 9.98. The van der Waals surface area contributed by atoms with E-state index in [4.69, 9.17) is 16.0 Å². The monoisotopic (exact) mass is 418 g/mol. The van der Waals surface area contributed by atoms with Crippen LogP contribution in [-0.2, 0) is 0 Å². The standard InChI is InChI=1S/C25H23ClN2O2/c1-4-16(3)18-10-12-23-22(13-18)28-25(30-23)19-9-11-20(26)21(14-19)27-24(29)17-7-5-15(2)6-8-17/h5-14,16H,4H2,1-3H3,(H,27,29)/t16-/m1/s1. The van der Waals surface area contributed by atoms with Crippen molar-refractivity contribution < 1.29 is 9.21 Å². The van der Waals surface area contributed by atoms with Gasteiger partial charge in [0.15, 0.2) is 5.58 Å². The van der Waals surface area contributed by atoms with E-state index < -0.39 is 0 Å².